The van der Waals surface area contributed by atoms with Crippen LogP contribution in [0.1, 0.15) is 39.0 Å². The fraction of sp³-hybridized carbons (Fsp3) is 0.304. The molecule has 0 radical (unpaired) electrons. The fourth-order valence-electron chi connectivity index (χ4n) is 3.16. The summed E-state index contributed by atoms with van der Waals surface area (Å²) < 4.78 is 1.63. The summed E-state index contributed by atoms with van der Waals surface area (Å²) in [6.07, 6.45) is 5.83. The molecule has 26 heavy (non-hydrogen) atoms. The molecule has 3 aromatic rings. The van der Waals surface area contributed by atoms with Gasteiger partial charge in [0.05, 0.1) is 5.69 Å². The van der Waals surface area contributed by atoms with E-state index in [0.29, 0.717) is 6.54 Å². The lowest BCUT2D eigenvalue weighted by molar-refractivity contribution is 0.515. The largest absolute Gasteiger partial charge is 0.268 e. The Labute approximate surface area is 155 Å². The summed E-state index contributed by atoms with van der Waals surface area (Å²) in [4.78, 5) is 12.6. The van der Waals surface area contributed by atoms with Crippen LogP contribution >= 0.6 is 0 Å². The summed E-state index contributed by atoms with van der Waals surface area (Å²) in [5.41, 5.74) is 3.78. The maximum atomic E-state index is 12.6. The van der Waals surface area contributed by atoms with Crippen molar-refractivity contribution < 1.29 is 0 Å². The lowest BCUT2D eigenvalue weighted by Crippen LogP contribution is -2.23. The van der Waals surface area contributed by atoms with Crippen LogP contribution < -0.4 is 5.56 Å². The minimum Gasteiger partial charge on any atom is -0.268 e. The normalized spacial score (nSPS) is 10.8. The predicted octanol–water partition coefficient (Wildman–Crippen LogP) is 5.55. The molecule has 3 rings (SSSR count). The molecule has 0 saturated carbocycles. The zero-order valence-electron chi connectivity index (χ0n) is 15.4. The third kappa shape index (κ3) is 4.48. The highest BCUT2D eigenvalue weighted by Gasteiger charge is 2.12. The molecule has 2 aromatic carbocycles. The summed E-state index contributed by atoms with van der Waals surface area (Å²) in [5, 5.41) is 4.74. The van der Waals surface area contributed by atoms with E-state index >= 15 is 0 Å². The van der Waals surface area contributed by atoms with E-state index in [1.54, 1.807) is 10.7 Å². The van der Waals surface area contributed by atoms with E-state index in [-0.39, 0.29) is 5.56 Å². The zero-order valence-corrected chi connectivity index (χ0v) is 15.4. The van der Waals surface area contributed by atoms with Gasteiger partial charge in [-0.3, -0.25) is 4.79 Å². The summed E-state index contributed by atoms with van der Waals surface area (Å²) in [6.45, 7) is 2.89. The van der Waals surface area contributed by atoms with Gasteiger partial charge < -0.3 is 0 Å². The molecular formula is C23H26N2O. The molecule has 0 N–H and O–H groups in total. The monoisotopic (exact) mass is 346 g/mol. The van der Waals surface area contributed by atoms with Crippen molar-refractivity contribution in [3.05, 3.63) is 77.1 Å². The molecule has 0 aliphatic rings. The lowest BCUT2D eigenvalue weighted by Gasteiger charge is -2.12. The van der Waals surface area contributed by atoms with Crippen molar-refractivity contribution in [1.82, 2.24) is 9.78 Å². The number of aromatic nitrogens is 2. The smallest absolute Gasteiger partial charge is 0.267 e. The van der Waals surface area contributed by atoms with Crippen molar-refractivity contribution in [1.29, 1.82) is 0 Å². The quantitative estimate of drug-likeness (QED) is 0.501. The molecule has 1 heterocycles. The van der Waals surface area contributed by atoms with Crippen molar-refractivity contribution in [2.24, 2.45) is 0 Å². The zero-order chi connectivity index (χ0) is 18.2. The first-order chi connectivity index (χ1) is 12.8. The molecule has 1 aromatic heterocycles. The van der Waals surface area contributed by atoms with Crippen LogP contribution in [0, 0.1) is 0 Å². The molecule has 0 unspecified atom stereocenters. The first kappa shape index (κ1) is 18.1. The van der Waals surface area contributed by atoms with Crippen LogP contribution in [0.15, 0.2) is 71.5 Å². The molecule has 0 saturated heterocycles. The van der Waals surface area contributed by atoms with Crippen LogP contribution in [0.5, 0.6) is 0 Å². The van der Waals surface area contributed by atoms with Crippen molar-refractivity contribution >= 4 is 0 Å². The van der Waals surface area contributed by atoms with Crippen LogP contribution in [0.2, 0.25) is 0 Å². The molecule has 3 heteroatoms. The minimum atomic E-state index is -0.0287. The topological polar surface area (TPSA) is 34.9 Å². The number of unbranched alkanes of at least 4 members (excludes halogenated alkanes) is 4. The second kappa shape index (κ2) is 9.14. The van der Waals surface area contributed by atoms with Crippen molar-refractivity contribution in [2.75, 3.05) is 0 Å². The van der Waals surface area contributed by atoms with Gasteiger partial charge in [-0.2, -0.15) is 5.10 Å². The Hall–Kier alpha value is -2.68. The lowest BCUT2D eigenvalue weighted by atomic mass is 10.0. The minimum absolute atomic E-state index is 0.0287. The van der Waals surface area contributed by atoms with E-state index in [9.17, 15) is 4.79 Å². The van der Waals surface area contributed by atoms with Gasteiger partial charge in [-0.15, -0.1) is 0 Å². The van der Waals surface area contributed by atoms with Crippen LogP contribution in [-0.2, 0) is 6.54 Å². The Morgan fingerprint density at radius 1 is 0.808 bits per heavy atom. The van der Waals surface area contributed by atoms with Gasteiger partial charge in [-0.25, -0.2) is 4.68 Å². The molecule has 0 fully saturated rings. The molecule has 0 amide bonds. The van der Waals surface area contributed by atoms with Gasteiger partial charge in [0.25, 0.3) is 5.56 Å². The van der Waals surface area contributed by atoms with Gasteiger partial charge in [-0.1, -0.05) is 93.3 Å². The second-order valence-corrected chi connectivity index (χ2v) is 6.61. The van der Waals surface area contributed by atoms with Crippen LogP contribution in [0.4, 0.5) is 0 Å². The molecule has 0 atom stereocenters. The number of hydrogen-bond acceptors (Lipinski definition) is 2. The second-order valence-electron chi connectivity index (χ2n) is 6.61. The summed E-state index contributed by atoms with van der Waals surface area (Å²) in [7, 11) is 0. The Morgan fingerprint density at radius 2 is 1.42 bits per heavy atom. The molecule has 3 nitrogen and oxygen atoms in total. The molecule has 134 valence electrons. The van der Waals surface area contributed by atoms with Gasteiger partial charge in [0.2, 0.25) is 0 Å². The summed E-state index contributed by atoms with van der Waals surface area (Å²) in [6, 6.07) is 21.8. The third-order valence-electron chi connectivity index (χ3n) is 4.60. The Balaban J connectivity index is 1.95. The van der Waals surface area contributed by atoms with Gasteiger partial charge in [0.1, 0.15) is 0 Å². The molecule has 0 bridgehead atoms. The maximum Gasteiger partial charge on any atom is 0.267 e. The SMILES string of the molecule is CCCCCCCn1nc(-c2ccccc2)c(-c2ccccc2)cc1=O. The average molecular weight is 346 g/mol. The molecule has 0 aliphatic heterocycles. The average Bonchev–Trinajstić information content (AvgIpc) is 2.70. The number of nitrogens with zero attached hydrogens (tertiary/aromatic N) is 2. The van der Waals surface area contributed by atoms with E-state index in [0.717, 1.165) is 35.2 Å². The standard InChI is InChI=1S/C23H26N2O/c1-2-3-4-5-12-17-25-22(26)18-21(19-13-8-6-9-14-19)23(24-25)20-15-10-7-11-16-20/h6-11,13-16,18H,2-5,12,17H2,1H3. The van der Waals surface area contributed by atoms with Gasteiger partial charge in [0.15, 0.2) is 0 Å². The number of hydrogen-bond donors (Lipinski definition) is 0. The molecular weight excluding hydrogens is 320 g/mol. The Bertz CT molecular complexity index is 870. The fourth-order valence-corrected chi connectivity index (χ4v) is 3.16. The molecule has 0 spiro atoms. The van der Waals surface area contributed by atoms with Gasteiger partial charge in [0, 0.05) is 23.7 Å². The van der Waals surface area contributed by atoms with E-state index in [4.69, 9.17) is 5.10 Å². The van der Waals surface area contributed by atoms with Crippen molar-refractivity contribution in [3.8, 4) is 22.4 Å². The third-order valence-corrected chi connectivity index (χ3v) is 4.60. The van der Waals surface area contributed by atoms with E-state index in [1.165, 1.54) is 19.3 Å². The van der Waals surface area contributed by atoms with Gasteiger partial charge >= 0.3 is 0 Å². The maximum absolute atomic E-state index is 12.6. The summed E-state index contributed by atoms with van der Waals surface area (Å²) in [5.74, 6) is 0. The van der Waals surface area contributed by atoms with E-state index in [1.807, 2.05) is 60.7 Å². The van der Waals surface area contributed by atoms with Crippen molar-refractivity contribution in [3.63, 3.8) is 0 Å². The van der Waals surface area contributed by atoms with E-state index in [2.05, 4.69) is 6.92 Å². The predicted molar refractivity (Wildman–Crippen MR) is 108 cm³/mol. The first-order valence-corrected chi connectivity index (χ1v) is 9.52. The van der Waals surface area contributed by atoms with Crippen molar-refractivity contribution in [2.45, 2.75) is 45.6 Å². The number of aryl methyl sites for hydroxylation is 1. The Morgan fingerprint density at radius 3 is 2.08 bits per heavy atom. The number of rotatable bonds is 8. The highest BCUT2D eigenvalue weighted by atomic mass is 16.1. The highest BCUT2D eigenvalue weighted by molar-refractivity contribution is 5.80. The van der Waals surface area contributed by atoms with Crippen LogP contribution in [0.3, 0.4) is 0 Å². The van der Waals surface area contributed by atoms with Gasteiger partial charge in [-0.05, 0) is 12.0 Å². The van der Waals surface area contributed by atoms with Crippen LogP contribution in [0.25, 0.3) is 22.4 Å². The highest BCUT2D eigenvalue weighted by Crippen LogP contribution is 2.28. The Kier molecular flexibility index (Phi) is 6.37. The number of benzene rings is 2. The van der Waals surface area contributed by atoms with Crippen LogP contribution in [-0.4, -0.2) is 9.78 Å². The van der Waals surface area contributed by atoms with E-state index < -0.39 is 0 Å². The first-order valence-electron chi connectivity index (χ1n) is 9.52. The summed E-state index contributed by atoms with van der Waals surface area (Å²) >= 11 is 0. The molecule has 0 aliphatic carbocycles.